The van der Waals surface area contributed by atoms with Gasteiger partial charge in [-0.1, -0.05) is 66.7 Å². The van der Waals surface area contributed by atoms with Crippen molar-refractivity contribution in [2.45, 2.75) is 37.8 Å². The molecule has 0 fully saturated rings. The molecule has 3 aromatic rings. The highest BCUT2D eigenvalue weighted by atomic mass is 16.5. The standard InChI is InChI=1S/C28H26N2O5/c1-17(14-26(31)30-24-13-7-2-8-18(24)15-25(30)27(32)33)29-28(34)35-16-23-21-11-5-3-9-19(21)20-10-4-6-12-22(20)23/h2-13,17,23,25H,14-16H2,1H3,(H,29,34)(H,32,33)/t17-,25+/m1/s1. The van der Waals surface area contributed by atoms with Crippen molar-refractivity contribution in [3.8, 4) is 11.1 Å². The quantitative estimate of drug-likeness (QED) is 0.559. The highest BCUT2D eigenvalue weighted by Gasteiger charge is 2.38. The van der Waals surface area contributed by atoms with E-state index in [0.717, 1.165) is 27.8 Å². The first-order chi connectivity index (χ1) is 16.9. The molecule has 2 atom stereocenters. The van der Waals surface area contributed by atoms with Crippen LogP contribution in [0.15, 0.2) is 72.8 Å². The van der Waals surface area contributed by atoms with Crippen LogP contribution in [0, 0.1) is 0 Å². The Morgan fingerprint density at radius 1 is 0.971 bits per heavy atom. The second kappa shape index (κ2) is 9.25. The Morgan fingerprint density at radius 3 is 2.23 bits per heavy atom. The molecule has 7 nitrogen and oxygen atoms in total. The predicted octanol–water partition coefficient (Wildman–Crippen LogP) is 4.35. The lowest BCUT2D eigenvalue weighted by molar-refractivity contribution is -0.140. The number of para-hydroxylation sites is 1. The third-order valence-electron chi connectivity index (χ3n) is 6.72. The molecule has 0 aromatic heterocycles. The third kappa shape index (κ3) is 4.25. The molecule has 0 radical (unpaired) electrons. The molecule has 0 bridgehead atoms. The van der Waals surface area contributed by atoms with E-state index in [0.29, 0.717) is 5.69 Å². The molecule has 1 heterocycles. The van der Waals surface area contributed by atoms with Gasteiger partial charge in [-0.3, -0.25) is 9.69 Å². The number of carbonyl (C=O) groups excluding carboxylic acids is 2. The Morgan fingerprint density at radius 2 is 1.57 bits per heavy atom. The third-order valence-corrected chi connectivity index (χ3v) is 6.72. The molecule has 0 unspecified atom stereocenters. The van der Waals surface area contributed by atoms with Crippen LogP contribution in [0.5, 0.6) is 0 Å². The molecule has 1 aliphatic carbocycles. The van der Waals surface area contributed by atoms with Crippen molar-refractivity contribution in [3.05, 3.63) is 89.5 Å². The molecular weight excluding hydrogens is 444 g/mol. The molecule has 35 heavy (non-hydrogen) atoms. The van der Waals surface area contributed by atoms with Crippen LogP contribution in [0.1, 0.15) is 36.0 Å². The van der Waals surface area contributed by atoms with Crippen LogP contribution in [0.4, 0.5) is 10.5 Å². The van der Waals surface area contributed by atoms with Crippen LogP contribution < -0.4 is 10.2 Å². The van der Waals surface area contributed by atoms with Crippen LogP contribution in [0.3, 0.4) is 0 Å². The molecule has 178 valence electrons. The van der Waals surface area contributed by atoms with Gasteiger partial charge in [-0.05, 0) is 40.8 Å². The van der Waals surface area contributed by atoms with Crippen molar-refractivity contribution in [1.82, 2.24) is 5.32 Å². The van der Waals surface area contributed by atoms with Crippen molar-refractivity contribution in [2.24, 2.45) is 0 Å². The largest absolute Gasteiger partial charge is 0.480 e. The van der Waals surface area contributed by atoms with Crippen LogP contribution >= 0.6 is 0 Å². The fourth-order valence-electron chi connectivity index (χ4n) is 5.14. The topological polar surface area (TPSA) is 95.9 Å². The molecule has 2 amide bonds. The first-order valence-electron chi connectivity index (χ1n) is 11.7. The smallest absolute Gasteiger partial charge is 0.407 e. The summed E-state index contributed by atoms with van der Waals surface area (Å²) in [4.78, 5) is 38.7. The summed E-state index contributed by atoms with van der Waals surface area (Å²) in [6.07, 6.45) is -0.378. The Kier molecular flexibility index (Phi) is 5.99. The minimum Gasteiger partial charge on any atom is -0.480 e. The number of anilines is 1. The number of ether oxygens (including phenoxy) is 1. The van der Waals surface area contributed by atoms with E-state index in [1.165, 1.54) is 4.90 Å². The first-order valence-corrected chi connectivity index (χ1v) is 11.7. The van der Waals surface area contributed by atoms with Gasteiger partial charge in [0.15, 0.2) is 0 Å². The number of benzene rings is 3. The Balaban J connectivity index is 1.21. The zero-order valence-corrected chi connectivity index (χ0v) is 19.3. The summed E-state index contributed by atoms with van der Waals surface area (Å²) in [5.74, 6) is -1.46. The van der Waals surface area contributed by atoms with Crippen molar-refractivity contribution in [3.63, 3.8) is 0 Å². The van der Waals surface area contributed by atoms with Crippen molar-refractivity contribution >= 4 is 23.7 Å². The summed E-state index contributed by atoms with van der Waals surface area (Å²) in [5, 5.41) is 12.3. The lowest BCUT2D eigenvalue weighted by Crippen LogP contribution is -2.45. The van der Waals surface area contributed by atoms with Gasteiger partial charge >= 0.3 is 12.1 Å². The minimum atomic E-state index is -1.05. The fraction of sp³-hybridized carbons (Fsp3) is 0.250. The number of nitrogens with zero attached hydrogens (tertiary/aromatic N) is 1. The second-order valence-corrected chi connectivity index (χ2v) is 9.03. The number of amides is 2. The van der Waals surface area contributed by atoms with Gasteiger partial charge in [-0.15, -0.1) is 0 Å². The van der Waals surface area contributed by atoms with E-state index in [2.05, 4.69) is 29.6 Å². The number of hydrogen-bond acceptors (Lipinski definition) is 4. The fourth-order valence-corrected chi connectivity index (χ4v) is 5.14. The molecule has 2 aliphatic rings. The van der Waals surface area contributed by atoms with E-state index in [1.807, 2.05) is 36.4 Å². The summed E-state index contributed by atoms with van der Waals surface area (Å²) in [6, 6.07) is 21.9. The summed E-state index contributed by atoms with van der Waals surface area (Å²) in [7, 11) is 0. The van der Waals surface area contributed by atoms with Crippen molar-refractivity contribution in [2.75, 3.05) is 11.5 Å². The summed E-state index contributed by atoms with van der Waals surface area (Å²) in [6.45, 7) is 1.89. The Hall–Kier alpha value is -4.13. The lowest BCUT2D eigenvalue weighted by atomic mass is 9.98. The summed E-state index contributed by atoms with van der Waals surface area (Å²) >= 11 is 0. The summed E-state index contributed by atoms with van der Waals surface area (Å²) in [5.41, 5.74) is 5.97. The van der Waals surface area contributed by atoms with Gasteiger partial charge in [0.25, 0.3) is 0 Å². The van der Waals surface area contributed by atoms with E-state index in [-0.39, 0.29) is 31.3 Å². The summed E-state index contributed by atoms with van der Waals surface area (Å²) < 4.78 is 5.56. The van der Waals surface area contributed by atoms with E-state index < -0.39 is 24.1 Å². The van der Waals surface area contributed by atoms with E-state index >= 15 is 0 Å². The van der Waals surface area contributed by atoms with Crippen molar-refractivity contribution < 1.29 is 24.2 Å². The van der Waals surface area contributed by atoms with Crippen LogP contribution in [-0.2, 0) is 20.7 Å². The molecular formula is C28H26N2O5. The van der Waals surface area contributed by atoms with Crippen LogP contribution in [0.2, 0.25) is 0 Å². The number of aliphatic carboxylic acids is 1. The van der Waals surface area contributed by atoms with Gasteiger partial charge in [0.05, 0.1) is 0 Å². The Bertz CT molecular complexity index is 1260. The van der Waals surface area contributed by atoms with Crippen LogP contribution in [0.25, 0.3) is 11.1 Å². The molecule has 1 aliphatic heterocycles. The van der Waals surface area contributed by atoms with Gasteiger partial charge in [-0.2, -0.15) is 0 Å². The lowest BCUT2D eigenvalue weighted by Gasteiger charge is -2.24. The van der Waals surface area contributed by atoms with Gasteiger partial charge in [-0.25, -0.2) is 9.59 Å². The molecule has 3 aromatic carbocycles. The number of carboxylic acid groups (broad SMARTS) is 1. The highest BCUT2D eigenvalue weighted by Crippen LogP contribution is 2.44. The number of hydrogen-bond donors (Lipinski definition) is 2. The zero-order valence-electron chi connectivity index (χ0n) is 19.3. The maximum absolute atomic E-state index is 13.0. The van der Waals surface area contributed by atoms with E-state index in [1.54, 1.807) is 19.1 Å². The maximum Gasteiger partial charge on any atom is 0.407 e. The zero-order chi connectivity index (χ0) is 24.5. The number of carbonyl (C=O) groups is 3. The molecule has 2 N–H and O–H groups in total. The van der Waals surface area contributed by atoms with E-state index in [4.69, 9.17) is 4.74 Å². The van der Waals surface area contributed by atoms with Gasteiger partial charge in [0.1, 0.15) is 12.6 Å². The monoisotopic (exact) mass is 470 g/mol. The Labute approximate surface area is 203 Å². The molecule has 0 spiro atoms. The number of nitrogens with one attached hydrogen (secondary N) is 1. The molecule has 7 heteroatoms. The van der Waals surface area contributed by atoms with Crippen LogP contribution in [-0.4, -0.2) is 41.8 Å². The van der Waals surface area contributed by atoms with Gasteiger partial charge < -0.3 is 15.2 Å². The number of alkyl carbamates (subject to hydrolysis) is 1. The number of rotatable bonds is 6. The maximum atomic E-state index is 13.0. The second-order valence-electron chi connectivity index (χ2n) is 9.03. The SMILES string of the molecule is C[C@H](CC(=O)N1c2ccccc2C[C@H]1C(=O)O)NC(=O)OCC1c2ccccc2-c2ccccc21. The molecule has 5 rings (SSSR count). The van der Waals surface area contributed by atoms with Crippen molar-refractivity contribution in [1.29, 1.82) is 0 Å². The number of carboxylic acids is 1. The first kappa shape index (κ1) is 22.7. The molecule has 0 saturated carbocycles. The number of fused-ring (bicyclic) bond motifs is 4. The minimum absolute atomic E-state index is 0.0394. The normalized spacial score (nSPS) is 16.7. The van der Waals surface area contributed by atoms with Gasteiger partial charge in [0, 0.05) is 30.5 Å². The average Bonchev–Trinajstić information content (AvgIpc) is 3.39. The van der Waals surface area contributed by atoms with E-state index in [9.17, 15) is 19.5 Å². The van der Waals surface area contributed by atoms with Gasteiger partial charge in [0.2, 0.25) is 5.91 Å². The molecule has 0 saturated heterocycles. The predicted molar refractivity (Wildman–Crippen MR) is 131 cm³/mol. The highest BCUT2D eigenvalue weighted by molar-refractivity contribution is 6.02. The average molecular weight is 471 g/mol.